The summed E-state index contributed by atoms with van der Waals surface area (Å²) in [5, 5.41) is 10.2. The molecule has 0 fully saturated rings. The first-order valence-electron chi connectivity index (χ1n) is 22.3. The summed E-state index contributed by atoms with van der Waals surface area (Å²) in [7, 11) is 0. The predicted molar refractivity (Wildman–Crippen MR) is 270 cm³/mol. The topological polar surface area (TPSA) is 3.24 Å². The summed E-state index contributed by atoms with van der Waals surface area (Å²) >= 11 is 0. The number of benzene rings is 10. The second kappa shape index (κ2) is 14.3. The van der Waals surface area contributed by atoms with Gasteiger partial charge in [-0.25, -0.2) is 0 Å². The van der Waals surface area contributed by atoms with Crippen LogP contribution in [0, 0.1) is 5.41 Å². The van der Waals surface area contributed by atoms with E-state index in [0.29, 0.717) is 5.92 Å². The molecule has 12 rings (SSSR count). The fourth-order valence-electron chi connectivity index (χ4n) is 11.0. The molecule has 1 heteroatoms. The van der Waals surface area contributed by atoms with Gasteiger partial charge < -0.3 is 4.90 Å². The largest absolute Gasteiger partial charge is 0.310 e. The van der Waals surface area contributed by atoms with Crippen molar-refractivity contribution in [3.8, 4) is 33.4 Å². The van der Waals surface area contributed by atoms with Crippen LogP contribution < -0.4 is 4.90 Å². The maximum atomic E-state index is 2.46. The summed E-state index contributed by atoms with van der Waals surface area (Å²) in [6, 6.07) is 74.3. The van der Waals surface area contributed by atoms with E-state index in [9.17, 15) is 0 Å². The van der Waals surface area contributed by atoms with Crippen molar-refractivity contribution in [3.05, 3.63) is 236 Å². The van der Waals surface area contributed by atoms with E-state index in [4.69, 9.17) is 0 Å². The quantitative estimate of drug-likeness (QED) is 0.151. The Bertz CT molecular complexity index is 3450. The Labute approximate surface area is 369 Å². The lowest BCUT2D eigenvalue weighted by atomic mass is 9.62. The summed E-state index contributed by atoms with van der Waals surface area (Å²) < 4.78 is 0. The van der Waals surface area contributed by atoms with Gasteiger partial charge in [0.15, 0.2) is 0 Å². The van der Waals surface area contributed by atoms with Crippen LogP contribution in [0.5, 0.6) is 0 Å². The van der Waals surface area contributed by atoms with Crippen LogP contribution in [0.4, 0.5) is 17.1 Å². The number of fused-ring (bicyclic) bond motifs is 10. The monoisotopic (exact) mass is 805 g/mol. The van der Waals surface area contributed by atoms with Crippen molar-refractivity contribution >= 4 is 60.2 Å². The fourth-order valence-corrected chi connectivity index (χ4v) is 11.0. The van der Waals surface area contributed by atoms with Crippen LogP contribution >= 0.6 is 0 Å². The summed E-state index contributed by atoms with van der Waals surface area (Å²) in [5.74, 6) is 0.397. The van der Waals surface area contributed by atoms with Crippen molar-refractivity contribution in [2.45, 2.75) is 32.1 Å². The maximum Gasteiger partial charge on any atom is 0.0468 e. The number of anilines is 3. The van der Waals surface area contributed by atoms with Gasteiger partial charge in [-0.2, -0.15) is 0 Å². The minimum atomic E-state index is 0.00992. The zero-order valence-electron chi connectivity index (χ0n) is 35.9. The van der Waals surface area contributed by atoms with Crippen molar-refractivity contribution in [2.24, 2.45) is 5.41 Å². The highest BCUT2D eigenvalue weighted by atomic mass is 15.1. The van der Waals surface area contributed by atoms with Crippen molar-refractivity contribution in [2.75, 3.05) is 4.90 Å². The smallest absolute Gasteiger partial charge is 0.0468 e. The van der Waals surface area contributed by atoms with Crippen LogP contribution in [0.1, 0.15) is 37.8 Å². The number of rotatable bonds is 6. The van der Waals surface area contributed by atoms with Gasteiger partial charge in [0.2, 0.25) is 0 Å². The molecule has 1 nitrogen and oxygen atoms in total. The lowest BCUT2D eigenvalue weighted by molar-refractivity contribution is 0.245. The molecule has 10 aromatic carbocycles. The Hall–Kier alpha value is -7.48. The van der Waals surface area contributed by atoms with Crippen LogP contribution in [-0.2, 0) is 5.41 Å². The van der Waals surface area contributed by atoms with E-state index in [1.807, 2.05) is 0 Å². The van der Waals surface area contributed by atoms with E-state index in [1.54, 1.807) is 0 Å². The molecule has 63 heavy (non-hydrogen) atoms. The molecule has 2 aliphatic carbocycles. The van der Waals surface area contributed by atoms with E-state index in [0.717, 1.165) is 17.1 Å². The highest BCUT2D eigenvalue weighted by molar-refractivity contribution is 6.25. The van der Waals surface area contributed by atoms with Gasteiger partial charge in [-0.1, -0.05) is 203 Å². The lowest BCUT2D eigenvalue weighted by Crippen LogP contribution is -2.36. The third-order valence-electron chi connectivity index (χ3n) is 14.8. The molecule has 2 atom stereocenters. The van der Waals surface area contributed by atoms with Crippen molar-refractivity contribution < 1.29 is 0 Å². The molecule has 0 radical (unpaired) electrons. The van der Waals surface area contributed by atoms with Crippen molar-refractivity contribution in [3.63, 3.8) is 0 Å². The molecule has 300 valence electrons. The molecule has 0 heterocycles. The fraction of sp³-hybridized carbons (Fsp3) is 0.0968. The Morgan fingerprint density at radius 2 is 0.905 bits per heavy atom. The van der Waals surface area contributed by atoms with Crippen LogP contribution in [0.15, 0.2) is 224 Å². The van der Waals surface area contributed by atoms with E-state index >= 15 is 0 Å². The Kier molecular flexibility index (Phi) is 8.46. The van der Waals surface area contributed by atoms with Crippen molar-refractivity contribution in [1.82, 2.24) is 0 Å². The van der Waals surface area contributed by atoms with Crippen molar-refractivity contribution in [1.29, 1.82) is 0 Å². The van der Waals surface area contributed by atoms with Gasteiger partial charge in [0.05, 0.1) is 0 Å². The highest BCUT2D eigenvalue weighted by Gasteiger charge is 2.53. The van der Waals surface area contributed by atoms with Gasteiger partial charge in [-0.05, 0) is 135 Å². The molecule has 0 bridgehead atoms. The van der Waals surface area contributed by atoms with E-state index in [2.05, 4.69) is 250 Å². The lowest BCUT2D eigenvalue weighted by Gasteiger charge is -2.41. The SMILES string of the molecule is CC1(C)c2cc(-c3ccc(N(c4ccc(-c5cccc(-c6cccc7ccccc67)c5)cc4)c4ccc5c6ccccc6c6ccccc6c5c4)cc3)ccc2C2C=CC=CC21C. The molecule has 0 saturated carbocycles. The first kappa shape index (κ1) is 37.3. The van der Waals surface area contributed by atoms with Crippen LogP contribution in [0.2, 0.25) is 0 Å². The molecule has 2 unspecified atom stereocenters. The van der Waals surface area contributed by atoms with Gasteiger partial charge in [0, 0.05) is 28.4 Å². The molecule has 0 spiro atoms. The second-order valence-corrected chi connectivity index (χ2v) is 18.3. The molecular weight excluding hydrogens is 759 g/mol. The van der Waals surface area contributed by atoms with Gasteiger partial charge in [-0.3, -0.25) is 0 Å². The zero-order chi connectivity index (χ0) is 42.3. The van der Waals surface area contributed by atoms with Gasteiger partial charge >= 0.3 is 0 Å². The molecule has 0 N–H and O–H groups in total. The Morgan fingerprint density at radius 1 is 0.381 bits per heavy atom. The molecule has 0 amide bonds. The predicted octanol–water partition coefficient (Wildman–Crippen LogP) is 17.3. The molecule has 2 aliphatic rings. The molecule has 10 aromatic rings. The number of hydrogen-bond donors (Lipinski definition) is 0. The normalized spacial score (nSPS) is 17.3. The first-order chi connectivity index (χ1) is 30.9. The summed E-state index contributed by atoms with van der Waals surface area (Å²) in [6.45, 7) is 7.26. The Balaban J connectivity index is 0.963. The number of nitrogens with zero attached hydrogens (tertiary/aromatic N) is 1. The van der Waals surface area contributed by atoms with Gasteiger partial charge in [0.25, 0.3) is 0 Å². The number of allylic oxidation sites excluding steroid dienone is 4. The van der Waals surface area contributed by atoms with E-state index in [1.165, 1.54) is 87.6 Å². The summed E-state index contributed by atoms with van der Waals surface area (Å²) in [5.41, 5.74) is 13.7. The maximum absolute atomic E-state index is 2.46. The second-order valence-electron chi connectivity index (χ2n) is 18.3. The van der Waals surface area contributed by atoms with E-state index in [-0.39, 0.29) is 10.8 Å². The third kappa shape index (κ3) is 5.84. The number of hydrogen-bond acceptors (Lipinski definition) is 1. The average molecular weight is 806 g/mol. The van der Waals surface area contributed by atoms with Crippen LogP contribution in [0.3, 0.4) is 0 Å². The summed E-state index contributed by atoms with van der Waals surface area (Å²) in [4.78, 5) is 2.42. The average Bonchev–Trinajstić information content (AvgIpc) is 3.52. The standard InChI is InChI=1S/C62H47N/c1-61(2)60-39-45(29-35-57(60)59-24-10-11-37-62(59,61)3)42-27-32-48(33-28-42)63(49-34-36-56-54-21-7-6-19-52(54)53-20-8-9-22-55(53)58(56)40-49)47-30-25-41(26-31-47)44-16-12-17-46(38-44)51-23-13-15-43-14-4-5-18-50(43)51/h4-40,59H,1-3H3. The van der Waals surface area contributed by atoms with Crippen LogP contribution in [0.25, 0.3) is 76.5 Å². The first-order valence-corrected chi connectivity index (χ1v) is 22.3. The van der Waals surface area contributed by atoms with E-state index < -0.39 is 0 Å². The van der Waals surface area contributed by atoms with Crippen LogP contribution in [-0.4, -0.2) is 0 Å². The molecule has 0 saturated heterocycles. The van der Waals surface area contributed by atoms with Gasteiger partial charge in [-0.15, -0.1) is 0 Å². The Morgan fingerprint density at radius 3 is 1.59 bits per heavy atom. The summed E-state index contributed by atoms with van der Waals surface area (Å²) in [6.07, 6.45) is 9.27. The zero-order valence-corrected chi connectivity index (χ0v) is 35.9. The van der Waals surface area contributed by atoms with Gasteiger partial charge in [0.1, 0.15) is 0 Å². The minimum Gasteiger partial charge on any atom is -0.310 e. The molecule has 0 aromatic heterocycles. The third-order valence-corrected chi connectivity index (χ3v) is 14.8. The molecular formula is C62H47N. The highest BCUT2D eigenvalue weighted by Crippen LogP contribution is 2.61. The molecule has 0 aliphatic heterocycles. The minimum absolute atomic E-state index is 0.00992.